The van der Waals surface area contributed by atoms with Crippen molar-refractivity contribution in [2.45, 2.75) is 18.7 Å². The van der Waals surface area contributed by atoms with E-state index < -0.39 is 14.9 Å². The molecule has 0 bridgehead atoms. The zero-order chi connectivity index (χ0) is 14.9. The molecule has 0 aliphatic carbocycles. The number of hydrogen-bond donors (Lipinski definition) is 2. The fraction of sp³-hybridized carbons (Fsp3) is 0.182. The molecule has 0 atom stereocenters. The summed E-state index contributed by atoms with van der Waals surface area (Å²) in [4.78, 5) is 9.89. The maximum atomic E-state index is 12.2. The van der Waals surface area contributed by atoms with Gasteiger partial charge in [0.1, 0.15) is 0 Å². The van der Waals surface area contributed by atoms with Crippen molar-refractivity contribution in [2.24, 2.45) is 0 Å². The van der Waals surface area contributed by atoms with E-state index in [-0.39, 0.29) is 10.6 Å². The first-order valence-electron chi connectivity index (χ1n) is 5.60. The van der Waals surface area contributed by atoms with Crippen LogP contribution in [-0.2, 0) is 10.0 Å². The third-order valence-corrected chi connectivity index (χ3v) is 4.09. The van der Waals surface area contributed by atoms with Crippen molar-refractivity contribution >= 4 is 21.4 Å². The maximum Gasteiger partial charge on any atom is 0.269 e. The summed E-state index contributed by atoms with van der Waals surface area (Å²) in [6.07, 6.45) is 0. The van der Waals surface area contributed by atoms with Gasteiger partial charge in [0.15, 0.2) is 0 Å². The second-order valence-corrected chi connectivity index (χ2v) is 5.85. The summed E-state index contributed by atoms with van der Waals surface area (Å²) in [6, 6.07) is 4.66. The molecule has 0 saturated carbocycles. The molecular formula is C11H12N4O4S. The highest BCUT2D eigenvalue weighted by molar-refractivity contribution is 7.92. The normalized spacial score (nSPS) is 11.3. The van der Waals surface area contributed by atoms with Gasteiger partial charge in [-0.15, -0.1) is 0 Å². The lowest BCUT2D eigenvalue weighted by Crippen LogP contribution is -2.13. The highest BCUT2D eigenvalue weighted by atomic mass is 32.2. The number of aromatic nitrogens is 2. The van der Waals surface area contributed by atoms with Crippen LogP contribution >= 0.6 is 0 Å². The molecule has 0 saturated heterocycles. The van der Waals surface area contributed by atoms with Gasteiger partial charge in [0.2, 0.25) is 0 Å². The van der Waals surface area contributed by atoms with Gasteiger partial charge in [-0.25, -0.2) is 8.42 Å². The minimum absolute atomic E-state index is 0.0527. The van der Waals surface area contributed by atoms with E-state index in [4.69, 9.17) is 0 Å². The predicted octanol–water partition coefficient (Wildman–Crippen LogP) is 1.74. The van der Waals surface area contributed by atoms with Crippen molar-refractivity contribution in [1.29, 1.82) is 0 Å². The van der Waals surface area contributed by atoms with Crippen LogP contribution in [0, 0.1) is 24.0 Å². The minimum Gasteiger partial charge on any atom is -0.280 e. The molecule has 1 aromatic carbocycles. The number of non-ortho nitro benzene ring substituents is 1. The van der Waals surface area contributed by atoms with Gasteiger partial charge < -0.3 is 0 Å². The molecule has 1 heterocycles. The lowest BCUT2D eigenvalue weighted by molar-refractivity contribution is -0.384. The standard InChI is InChI=1S/C11H12N4O4S/c1-7-11(8(2)13-12-7)14-20(18,19)10-5-3-9(4-6-10)15(16)17/h3-6,14H,1-2H3,(H,12,13). The van der Waals surface area contributed by atoms with Gasteiger partial charge in [-0.2, -0.15) is 5.10 Å². The highest BCUT2D eigenvalue weighted by Gasteiger charge is 2.19. The molecule has 0 radical (unpaired) electrons. The van der Waals surface area contributed by atoms with Crippen LogP contribution in [0.25, 0.3) is 0 Å². The Bertz CT molecular complexity index is 730. The van der Waals surface area contributed by atoms with Crippen molar-refractivity contribution in [3.05, 3.63) is 45.8 Å². The van der Waals surface area contributed by atoms with Gasteiger partial charge in [0.25, 0.3) is 15.7 Å². The van der Waals surface area contributed by atoms with E-state index in [1.54, 1.807) is 13.8 Å². The summed E-state index contributed by atoms with van der Waals surface area (Å²) in [6.45, 7) is 3.35. The molecule has 2 aromatic rings. The first-order chi connectivity index (χ1) is 9.31. The van der Waals surface area contributed by atoms with Gasteiger partial charge >= 0.3 is 0 Å². The number of hydrogen-bond acceptors (Lipinski definition) is 5. The van der Waals surface area contributed by atoms with Gasteiger partial charge in [0, 0.05) is 12.1 Å². The fourth-order valence-electron chi connectivity index (χ4n) is 1.64. The number of rotatable bonds is 4. The molecule has 2 rings (SSSR count). The molecule has 20 heavy (non-hydrogen) atoms. The molecule has 0 fully saturated rings. The van der Waals surface area contributed by atoms with Crippen LogP contribution in [0.5, 0.6) is 0 Å². The van der Waals surface area contributed by atoms with E-state index in [1.165, 1.54) is 12.1 Å². The van der Waals surface area contributed by atoms with E-state index in [0.29, 0.717) is 17.1 Å². The van der Waals surface area contributed by atoms with Crippen LogP contribution in [0.1, 0.15) is 11.4 Å². The number of anilines is 1. The zero-order valence-electron chi connectivity index (χ0n) is 10.7. The molecule has 0 spiro atoms. The second-order valence-electron chi connectivity index (χ2n) is 4.17. The highest BCUT2D eigenvalue weighted by Crippen LogP contribution is 2.22. The lowest BCUT2D eigenvalue weighted by atomic mass is 10.3. The average molecular weight is 296 g/mol. The molecule has 2 N–H and O–H groups in total. The van der Waals surface area contributed by atoms with E-state index in [0.717, 1.165) is 12.1 Å². The van der Waals surface area contributed by atoms with Crippen LogP contribution in [-0.4, -0.2) is 23.5 Å². The van der Waals surface area contributed by atoms with Gasteiger partial charge in [-0.3, -0.25) is 19.9 Å². The van der Waals surface area contributed by atoms with Crippen molar-refractivity contribution in [3.8, 4) is 0 Å². The summed E-state index contributed by atoms with van der Waals surface area (Å²) in [5, 5.41) is 17.1. The van der Waals surface area contributed by atoms with Crippen LogP contribution < -0.4 is 4.72 Å². The van der Waals surface area contributed by atoms with Crippen molar-refractivity contribution in [1.82, 2.24) is 10.2 Å². The average Bonchev–Trinajstić information content (AvgIpc) is 2.70. The Hall–Kier alpha value is -2.42. The first-order valence-corrected chi connectivity index (χ1v) is 7.08. The van der Waals surface area contributed by atoms with E-state index in [2.05, 4.69) is 14.9 Å². The monoisotopic (exact) mass is 296 g/mol. The van der Waals surface area contributed by atoms with Gasteiger partial charge in [-0.1, -0.05) is 0 Å². The summed E-state index contributed by atoms with van der Waals surface area (Å²) < 4.78 is 26.7. The second kappa shape index (κ2) is 4.93. The van der Waals surface area contributed by atoms with Crippen molar-refractivity contribution in [2.75, 3.05) is 4.72 Å². The Labute approximate surface area is 115 Å². The summed E-state index contributed by atoms with van der Waals surface area (Å²) in [7, 11) is -3.80. The number of sulfonamides is 1. The number of nitrogens with one attached hydrogen (secondary N) is 2. The molecule has 1 aromatic heterocycles. The van der Waals surface area contributed by atoms with Crippen LogP contribution in [0.3, 0.4) is 0 Å². The van der Waals surface area contributed by atoms with Crippen LogP contribution in [0.2, 0.25) is 0 Å². The maximum absolute atomic E-state index is 12.2. The SMILES string of the molecule is Cc1n[nH]c(C)c1NS(=O)(=O)c1ccc([N+](=O)[O-])cc1. The number of benzene rings is 1. The molecular weight excluding hydrogens is 284 g/mol. The number of aryl methyl sites for hydroxylation is 2. The number of nitrogens with zero attached hydrogens (tertiary/aromatic N) is 2. The number of nitro benzene ring substituents is 1. The van der Waals surface area contributed by atoms with Gasteiger partial charge in [0.05, 0.1) is 26.9 Å². The Morgan fingerprint density at radius 1 is 1.25 bits per heavy atom. The van der Waals surface area contributed by atoms with E-state index in [9.17, 15) is 18.5 Å². The molecule has 0 aliphatic heterocycles. The topological polar surface area (TPSA) is 118 Å². The first kappa shape index (κ1) is 14.0. The van der Waals surface area contributed by atoms with Crippen LogP contribution in [0.15, 0.2) is 29.2 Å². The number of H-pyrrole nitrogens is 1. The predicted molar refractivity (Wildman–Crippen MR) is 72.0 cm³/mol. The molecule has 9 heteroatoms. The lowest BCUT2D eigenvalue weighted by Gasteiger charge is -2.07. The fourth-order valence-corrected chi connectivity index (χ4v) is 2.82. The Balaban J connectivity index is 2.33. The number of aromatic amines is 1. The molecule has 0 unspecified atom stereocenters. The van der Waals surface area contributed by atoms with Crippen molar-refractivity contribution < 1.29 is 13.3 Å². The summed E-state index contributed by atoms with van der Waals surface area (Å²) >= 11 is 0. The zero-order valence-corrected chi connectivity index (χ0v) is 11.6. The quantitative estimate of drug-likeness (QED) is 0.658. The molecule has 8 nitrogen and oxygen atoms in total. The van der Waals surface area contributed by atoms with E-state index in [1.807, 2.05) is 0 Å². The van der Waals surface area contributed by atoms with Crippen molar-refractivity contribution in [3.63, 3.8) is 0 Å². The molecule has 0 aliphatic rings. The smallest absolute Gasteiger partial charge is 0.269 e. The third-order valence-electron chi connectivity index (χ3n) is 2.72. The minimum atomic E-state index is -3.80. The Morgan fingerprint density at radius 3 is 2.30 bits per heavy atom. The van der Waals surface area contributed by atoms with Gasteiger partial charge in [-0.05, 0) is 26.0 Å². The molecule has 106 valence electrons. The third kappa shape index (κ3) is 2.62. The Kier molecular flexibility index (Phi) is 3.45. The molecule has 0 amide bonds. The number of nitro groups is 1. The van der Waals surface area contributed by atoms with E-state index >= 15 is 0 Å². The largest absolute Gasteiger partial charge is 0.280 e. The summed E-state index contributed by atoms with van der Waals surface area (Å²) in [5.41, 5.74) is 1.32. The summed E-state index contributed by atoms with van der Waals surface area (Å²) in [5.74, 6) is 0. The van der Waals surface area contributed by atoms with Crippen LogP contribution in [0.4, 0.5) is 11.4 Å². The Morgan fingerprint density at radius 2 is 1.85 bits per heavy atom.